The van der Waals surface area contributed by atoms with E-state index < -0.39 is 16.0 Å². The van der Waals surface area contributed by atoms with E-state index in [1.54, 1.807) is 37.3 Å². The third-order valence-corrected chi connectivity index (χ3v) is 8.18. The van der Waals surface area contributed by atoms with Gasteiger partial charge in [0.25, 0.3) is 10.0 Å². The summed E-state index contributed by atoms with van der Waals surface area (Å²) in [4.78, 5) is 16.7. The zero-order valence-corrected chi connectivity index (χ0v) is 21.3. The molecule has 0 aliphatic carbocycles. The molecule has 0 spiro atoms. The van der Waals surface area contributed by atoms with Crippen LogP contribution in [-0.2, 0) is 10.0 Å². The van der Waals surface area contributed by atoms with Crippen molar-refractivity contribution in [2.75, 3.05) is 40.7 Å². The highest BCUT2D eigenvalue weighted by Crippen LogP contribution is 2.29. The lowest BCUT2D eigenvalue weighted by Gasteiger charge is -2.38. The second-order valence-electron chi connectivity index (χ2n) is 9.10. The Morgan fingerprint density at radius 2 is 1.54 bits per heavy atom. The van der Waals surface area contributed by atoms with Crippen molar-refractivity contribution in [1.82, 2.24) is 0 Å². The molecule has 0 atom stereocenters. The van der Waals surface area contributed by atoms with Gasteiger partial charge in [0, 0.05) is 37.6 Å². The Labute approximate surface area is 207 Å². The van der Waals surface area contributed by atoms with E-state index in [1.165, 1.54) is 16.8 Å². The number of aryl methyl sites for hydroxylation is 3. The number of carboxylic acid groups (broad SMARTS) is 1. The predicted molar refractivity (Wildman–Crippen MR) is 140 cm³/mol. The number of benzene rings is 3. The molecule has 1 aliphatic heterocycles. The van der Waals surface area contributed by atoms with Crippen molar-refractivity contribution in [3.8, 4) is 0 Å². The van der Waals surface area contributed by atoms with E-state index in [2.05, 4.69) is 46.6 Å². The molecular weight excluding hydrogens is 462 g/mol. The van der Waals surface area contributed by atoms with Crippen molar-refractivity contribution in [1.29, 1.82) is 0 Å². The second kappa shape index (κ2) is 9.62. The normalized spacial score (nSPS) is 14.2. The molecule has 0 saturated carbocycles. The van der Waals surface area contributed by atoms with Gasteiger partial charge in [-0.05, 0) is 80.3 Å². The van der Waals surface area contributed by atoms with Gasteiger partial charge in [-0.3, -0.25) is 4.72 Å². The first-order valence-electron chi connectivity index (χ1n) is 11.6. The fourth-order valence-electron chi connectivity index (χ4n) is 4.48. The Balaban J connectivity index is 1.55. The van der Waals surface area contributed by atoms with Crippen molar-refractivity contribution >= 4 is 33.1 Å². The number of piperazine rings is 1. The van der Waals surface area contributed by atoms with Crippen LogP contribution >= 0.6 is 0 Å². The molecule has 1 fully saturated rings. The van der Waals surface area contributed by atoms with Crippen LogP contribution in [0, 0.1) is 27.7 Å². The van der Waals surface area contributed by atoms with Crippen molar-refractivity contribution in [2.45, 2.75) is 32.6 Å². The maximum atomic E-state index is 13.0. The molecule has 7 nitrogen and oxygen atoms in total. The van der Waals surface area contributed by atoms with Crippen LogP contribution in [0.25, 0.3) is 0 Å². The number of carboxylic acids is 1. The molecule has 4 rings (SSSR count). The maximum Gasteiger partial charge on any atom is 0.337 e. The first-order valence-corrected chi connectivity index (χ1v) is 13.1. The summed E-state index contributed by atoms with van der Waals surface area (Å²) in [5.41, 5.74) is 5.90. The molecule has 184 valence electrons. The molecule has 0 radical (unpaired) electrons. The fraction of sp³-hybridized carbons (Fsp3) is 0.296. The molecule has 8 heteroatoms. The van der Waals surface area contributed by atoms with Gasteiger partial charge in [-0.1, -0.05) is 24.3 Å². The van der Waals surface area contributed by atoms with Gasteiger partial charge < -0.3 is 14.9 Å². The molecule has 2 N–H and O–H groups in total. The summed E-state index contributed by atoms with van der Waals surface area (Å²) in [6, 6.07) is 16.4. The third-order valence-electron chi connectivity index (χ3n) is 6.67. The highest BCUT2D eigenvalue weighted by atomic mass is 32.2. The number of nitrogens with zero attached hydrogens (tertiary/aromatic N) is 2. The Morgan fingerprint density at radius 3 is 2.23 bits per heavy atom. The predicted octanol–water partition coefficient (Wildman–Crippen LogP) is 4.75. The average molecular weight is 494 g/mol. The summed E-state index contributed by atoms with van der Waals surface area (Å²) >= 11 is 0. The fourth-order valence-corrected chi connectivity index (χ4v) is 5.89. The van der Waals surface area contributed by atoms with E-state index >= 15 is 0 Å². The smallest absolute Gasteiger partial charge is 0.337 e. The number of carbonyl (C=O) groups is 1. The van der Waals surface area contributed by atoms with Gasteiger partial charge in [-0.2, -0.15) is 0 Å². The van der Waals surface area contributed by atoms with Gasteiger partial charge in [0.15, 0.2) is 0 Å². The van der Waals surface area contributed by atoms with E-state index in [0.717, 1.165) is 37.4 Å². The number of anilines is 3. The zero-order chi connectivity index (χ0) is 25.3. The van der Waals surface area contributed by atoms with Crippen molar-refractivity contribution in [2.24, 2.45) is 0 Å². The molecule has 1 heterocycles. The molecular formula is C27H31N3O4S. The zero-order valence-electron chi connectivity index (χ0n) is 20.5. The van der Waals surface area contributed by atoms with Crippen LogP contribution in [-0.4, -0.2) is 45.7 Å². The molecule has 3 aromatic carbocycles. The molecule has 0 amide bonds. The van der Waals surface area contributed by atoms with Gasteiger partial charge in [0.1, 0.15) is 0 Å². The van der Waals surface area contributed by atoms with Crippen LogP contribution in [0.2, 0.25) is 0 Å². The number of sulfonamides is 1. The lowest BCUT2D eigenvalue weighted by Crippen LogP contribution is -2.46. The lowest BCUT2D eigenvalue weighted by molar-refractivity contribution is 0.0698. The Morgan fingerprint density at radius 1 is 0.857 bits per heavy atom. The van der Waals surface area contributed by atoms with Crippen LogP contribution in [0.1, 0.15) is 32.6 Å². The summed E-state index contributed by atoms with van der Waals surface area (Å²) in [6.07, 6.45) is 0. The van der Waals surface area contributed by atoms with E-state index in [0.29, 0.717) is 5.56 Å². The Kier molecular flexibility index (Phi) is 6.76. The Hall–Kier alpha value is -3.52. The third kappa shape index (κ3) is 5.12. The molecule has 0 unspecified atom stereocenters. The SMILES string of the molecule is Cc1ccc(C)c(S(=O)(=O)Nc2ccc(N3CCN(c4cccc(C)c4C)CC3)cc2C(=O)O)c1. The topological polar surface area (TPSA) is 90.0 Å². The van der Waals surface area contributed by atoms with Crippen LogP contribution < -0.4 is 14.5 Å². The monoisotopic (exact) mass is 493 g/mol. The molecule has 0 aromatic heterocycles. The molecule has 1 aliphatic rings. The number of hydrogen-bond donors (Lipinski definition) is 2. The van der Waals surface area contributed by atoms with Gasteiger partial charge in [0.2, 0.25) is 0 Å². The number of rotatable bonds is 6. The summed E-state index contributed by atoms with van der Waals surface area (Å²) in [6.45, 7) is 10.9. The van der Waals surface area contributed by atoms with Gasteiger partial charge in [-0.15, -0.1) is 0 Å². The largest absolute Gasteiger partial charge is 0.478 e. The standard InChI is InChI=1S/C27H31N3O4S/c1-18-8-9-20(3)26(16-18)35(33,34)28-24-11-10-22(17-23(24)27(31)32)29-12-14-30(15-13-29)25-7-5-6-19(2)21(25)4/h5-11,16-17,28H,12-15H2,1-4H3,(H,31,32). The highest BCUT2D eigenvalue weighted by Gasteiger charge is 2.24. The highest BCUT2D eigenvalue weighted by molar-refractivity contribution is 7.92. The van der Waals surface area contributed by atoms with Crippen LogP contribution in [0.15, 0.2) is 59.5 Å². The summed E-state index contributed by atoms with van der Waals surface area (Å²) < 4.78 is 28.6. The molecule has 1 saturated heterocycles. The van der Waals surface area contributed by atoms with Crippen molar-refractivity contribution in [3.05, 3.63) is 82.4 Å². The van der Waals surface area contributed by atoms with E-state index in [4.69, 9.17) is 0 Å². The number of aromatic carboxylic acids is 1. The minimum absolute atomic E-state index is 0.0520. The molecule has 35 heavy (non-hydrogen) atoms. The van der Waals surface area contributed by atoms with Crippen molar-refractivity contribution in [3.63, 3.8) is 0 Å². The van der Waals surface area contributed by atoms with Crippen LogP contribution in [0.3, 0.4) is 0 Å². The second-order valence-corrected chi connectivity index (χ2v) is 10.8. The minimum Gasteiger partial charge on any atom is -0.478 e. The van der Waals surface area contributed by atoms with Gasteiger partial charge in [0.05, 0.1) is 16.1 Å². The first kappa shape index (κ1) is 24.6. The van der Waals surface area contributed by atoms with E-state index in [9.17, 15) is 18.3 Å². The molecule has 0 bridgehead atoms. The summed E-state index contributed by atoms with van der Waals surface area (Å²) in [5.74, 6) is -1.18. The molecule has 3 aromatic rings. The van der Waals surface area contributed by atoms with Gasteiger partial charge >= 0.3 is 5.97 Å². The summed E-state index contributed by atoms with van der Waals surface area (Å²) in [7, 11) is -3.94. The summed E-state index contributed by atoms with van der Waals surface area (Å²) in [5, 5.41) is 9.84. The van der Waals surface area contributed by atoms with Crippen LogP contribution in [0.5, 0.6) is 0 Å². The lowest BCUT2D eigenvalue weighted by atomic mass is 10.1. The maximum absolute atomic E-state index is 13.0. The van der Waals surface area contributed by atoms with E-state index in [-0.39, 0.29) is 16.1 Å². The van der Waals surface area contributed by atoms with Gasteiger partial charge in [-0.25, -0.2) is 13.2 Å². The number of hydrogen-bond acceptors (Lipinski definition) is 5. The van der Waals surface area contributed by atoms with E-state index in [1.807, 2.05) is 13.0 Å². The first-order chi connectivity index (χ1) is 16.6. The number of nitrogens with one attached hydrogen (secondary N) is 1. The van der Waals surface area contributed by atoms with Crippen LogP contribution in [0.4, 0.5) is 17.1 Å². The Bertz CT molecular complexity index is 1380. The quantitative estimate of drug-likeness (QED) is 0.515. The average Bonchev–Trinajstić information content (AvgIpc) is 2.82. The minimum atomic E-state index is -3.94. The van der Waals surface area contributed by atoms with Crippen molar-refractivity contribution < 1.29 is 18.3 Å².